The third-order valence-electron chi connectivity index (χ3n) is 7.53. The van der Waals surface area contributed by atoms with Gasteiger partial charge in [-0.15, -0.1) is 0 Å². The summed E-state index contributed by atoms with van der Waals surface area (Å²) in [5, 5.41) is 18.3. The van der Waals surface area contributed by atoms with E-state index in [2.05, 4.69) is 103 Å². The maximum atomic E-state index is 12.5. The molecule has 0 fully saturated rings. The number of carbonyl (C=O) groups is 2. The Balaban J connectivity index is 4.52. The van der Waals surface area contributed by atoms with Gasteiger partial charge in [-0.3, -0.25) is 18.6 Å². The maximum absolute atomic E-state index is 12.5. The van der Waals surface area contributed by atoms with E-state index < -0.39 is 51.8 Å². The van der Waals surface area contributed by atoms with E-state index in [0.717, 1.165) is 70.6 Å². The second-order valence-electron chi connectivity index (χ2n) is 12.6. The molecule has 0 amide bonds. The van der Waals surface area contributed by atoms with Gasteiger partial charge in [-0.25, -0.2) is 4.57 Å². The molecule has 0 bridgehead atoms. The van der Waals surface area contributed by atoms with E-state index in [4.69, 9.17) is 19.1 Å². The molecule has 0 heterocycles. The Bertz CT molecular complexity index is 1150. The van der Waals surface area contributed by atoms with Crippen molar-refractivity contribution in [1.29, 1.82) is 0 Å². The van der Waals surface area contributed by atoms with Crippen molar-refractivity contribution in [3.8, 4) is 0 Å². The monoisotopic (exact) mass is 764 g/mol. The molecular formula is C42H69O10P. The molecule has 0 aliphatic heterocycles. The van der Waals surface area contributed by atoms with Gasteiger partial charge in [-0.1, -0.05) is 112 Å². The van der Waals surface area contributed by atoms with Gasteiger partial charge in [0.05, 0.1) is 19.8 Å². The molecular weight excluding hydrogens is 695 g/mol. The molecule has 0 spiro atoms. The van der Waals surface area contributed by atoms with Crippen LogP contribution < -0.4 is 0 Å². The molecule has 0 aromatic carbocycles. The van der Waals surface area contributed by atoms with Gasteiger partial charge >= 0.3 is 19.8 Å². The molecule has 0 rings (SSSR count). The van der Waals surface area contributed by atoms with Crippen LogP contribution >= 0.6 is 7.82 Å². The van der Waals surface area contributed by atoms with Gasteiger partial charge in [-0.2, -0.15) is 0 Å². The minimum Gasteiger partial charge on any atom is -0.462 e. The summed E-state index contributed by atoms with van der Waals surface area (Å²) in [5.41, 5.74) is 0. The quantitative estimate of drug-likeness (QED) is 0.0246. The molecule has 3 N–H and O–H groups in total. The number of rotatable bonds is 35. The van der Waals surface area contributed by atoms with Crippen LogP contribution in [0.25, 0.3) is 0 Å². The first-order valence-electron chi connectivity index (χ1n) is 19.5. The van der Waals surface area contributed by atoms with Crippen LogP contribution in [-0.2, 0) is 32.7 Å². The van der Waals surface area contributed by atoms with Gasteiger partial charge in [0.2, 0.25) is 0 Å². The molecule has 1 unspecified atom stereocenters. The predicted octanol–water partition coefficient (Wildman–Crippen LogP) is 9.88. The number of phosphoric acid groups is 1. The highest BCUT2D eigenvalue weighted by atomic mass is 31.2. The molecule has 3 atom stereocenters. The number of unbranched alkanes of at least 4 members (excludes halogenated alkanes) is 7. The Morgan fingerprint density at radius 1 is 0.585 bits per heavy atom. The summed E-state index contributed by atoms with van der Waals surface area (Å²) in [5.74, 6) is -1.03. The van der Waals surface area contributed by atoms with Crippen molar-refractivity contribution in [2.45, 2.75) is 142 Å². The van der Waals surface area contributed by atoms with E-state index in [1.54, 1.807) is 0 Å². The molecule has 53 heavy (non-hydrogen) atoms. The Kier molecular flexibility index (Phi) is 35.5. The number of esters is 2. The summed E-state index contributed by atoms with van der Waals surface area (Å²) in [6, 6.07) is 0. The van der Waals surface area contributed by atoms with Crippen molar-refractivity contribution in [2.75, 3.05) is 26.4 Å². The fourth-order valence-corrected chi connectivity index (χ4v) is 5.31. The molecule has 10 nitrogen and oxygen atoms in total. The zero-order valence-electron chi connectivity index (χ0n) is 32.4. The van der Waals surface area contributed by atoms with Gasteiger partial charge in [0.1, 0.15) is 12.7 Å². The summed E-state index contributed by atoms with van der Waals surface area (Å²) in [6.45, 7) is 2.10. The largest absolute Gasteiger partial charge is 0.472 e. The van der Waals surface area contributed by atoms with Crippen molar-refractivity contribution >= 4 is 19.8 Å². The lowest BCUT2D eigenvalue weighted by atomic mass is 10.1. The Morgan fingerprint density at radius 2 is 1.02 bits per heavy atom. The van der Waals surface area contributed by atoms with Crippen molar-refractivity contribution in [1.82, 2.24) is 0 Å². The summed E-state index contributed by atoms with van der Waals surface area (Å²) >= 11 is 0. The number of allylic oxidation sites excluding steroid dienone is 14. The summed E-state index contributed by atoms with van der Waals surface area (Å²) < 4.78 is 32.5. The van der Waals surface area contributed by atoms with Crippen molar-refractivity contribution in [2.24, 2.45) is 0 Å². The summed E-state index contributed by atoms with van der Waals surface area (Å²) in [4.78, 5) is 34.8. The molecule has 0 radical (unpaired) electrons. The lowest BCUT2D eigenvalue weighted by molar-refractivity contribution is -0.161. The number of carbonyl (C=O) groups excluding carboxylic acids is 2. The highest BCUT2D eigenvalue weighted by molar-refractivity contribution is 7.47. The van der Waals surface area contributed by atoms with Crippen LogP contribution in [-0.4, -0.2) is 65.7 Å². The predicted molar refractivity (Wildman–Crippen MR) is 214 cm³/mol. The maximum Gasteiger partial charge on any atom is 0.472 e. The highest BCUT2D eigenvalue weighted by Crippen LogP contribution is 2.43. The second kappa shape index (κ2) is 37.5. The van der Waals surface area contributed by atoms with Crippen LogP contribution in [0.3, 0.4) is 0 Å². The van der Waals surface area contributed by atoms with Crippen molar-refractivity contribution in [3.05, 3.63) is 85.1 Å². The lowest BCUT2D eigenvalue weighted by Gasteiger charge is -2.20. The van der Waals surface area contributed by atoms with Gasteiger partial charge in [0.15, 0.2) is 6.10 Å². The third-order valence-corrected chi connectivity index (χ3v) is 8.48. The normalized spacial score (nSPS) is 14.9. The van der Waals surface area contributed by atoms with Crippen LogP contribution in [0.5, 0.6) is 0 Å². The fourth-order valence-electron chi connectivity index (χ4n) is 4.52. The van der Waals surface area contributed by atoms with Crippen LogP contribution in [0.1, 0.15) is 129 Å². The zero-order valence-corrected chi connectivity index (χ0v) is 33.3. The second-order valence-corrected chi connectivity index (χ2v) is 14.0. The Hall–Kier alpha value is -2.85. The van der Waals surface area contributed by atoms with Crippen LogP contribution in [0.15, 0.2) is 85.1 Å². The van der Waals surface area contributed by atoms with Crippen LogP contribution in [0.4, 0.5) is 0 Å². The fraction of sp³-hybridized carbons (Fsp3) is 0.619. The smallest absolute Gasteiger partial charge is 0.462 e. The first-order chi connectivity index (χ1) is 25.7. The van der Waals surface area contributed by atoms with Crippen molar-refractivity contribution < 1.29 is 47.8 Å². The van der Waals surface area contributed by atoms with E-state index in [9.17, 15) is 24.2 Å². The Labute approximate surface area is 320 Å². The van der Waals surface area contributed by atoms with Crippen molar-refractivity contribution in [3.63, 3.8) is 0 Å². The zero-order chi connectivity index (χ0) is 39.1. The van der Waals surface area contributed by atoms with E-state index >= 15 is 0 Å². The Morgan fingerprint density at radius 3 is 1.49 bits per heavy atom. The molecule has 302 valence electrons. The minimum absolute atomic E-state index is 0.121. The minimum atomic E-state index is -4.64. The number of phosphoric ester groups is 1. The van der Waals surface area contributed by atoms with Crippen LogP contribution in [0, 0.1) is 0 Å². The average Bonchev–Trinajstić information content (AvgIpc) is 3.14. The summed E-state index contributed by atoms with van der Waals surface area (Å²) in [6.07, 6.45) is 42.7. The molecule has 0 saturated heterocycles. The first kappa shape index (κ1) is 50.1. The van der Waals surface area contributed by atoms with E-state index in [-0.39, 0.29) is 19.4 Å². The number of aliphatic hydroxyl groups excluding tert-OH is 2. The van der Waals surface area contributed by atoms with Gasteiger partial charge < -0.3 is 24.6 Å². The molecule has 0 aliphatic carbocycles. The first-order valence-corrected chi connectivity index (χ1v) is 21.0. The number of hydrogen-bond acceptors (Lipinski definition) is 9. The number of ether oxygens (including phenoxy) is 2. The molecule has 0 aliphatic rings. The van der Waals surface area contributed by atoms with E-state index in [0.29, 0.717) is 12.8 Å². The van der Waals surface area contributed by atoms with Gasteiger partial charge in [0, 0.05) is 12.8 Å². The van der Waals surface area contributed by atoms with Gasteiger partial charge in [-0.05, 0) is 89.9 Å². The highest BCUT2D eigenvalue weighted by Gasteiger charge is 2.27. The topological polar surface area (TPSA) is 149 Å². The molecule has 0 aromatic heterocycles. The number of hydrogen-bond donors (Lipinski definition) is 3. The summed E-state index contributed by atoms with van der Waals surface area (Å²) in [7, 11) is -4.64. The van der Waals surface area contributed by atoms with Crippen LogP contribution in [0.2, 0.25) is 0 Å². The lowest BCUT2D eigenvalue weighted by Crippen LogP contribution is -2.29. The molecule has 0 saturated carbocycles. The SMILES string of the molecule is CC/C=C/C/C=C/C/C=C/C/C=C/CCCCC(=O)OC[C@H](COP(=O)(O)OC[C@@H](O)CO)OC(=O)CCCC/C=C/C/C=C/C/C=C/CCCCC. The molecule has 0 aromatic rings. The van der Waals surface area contributed by atoms with Gasteiger partial charge in [0.25, 0.3) is 0 Å². The standard InChI is InChI=1S/C42H69O10P/c1-3-5-7-9-11-13-15-17-19-21-23-25-27-29-31-33-41(45)49-37-40(38-51-53(47,48)50-36-39(44)35-43)52-42(46)34-32-30-28-26-24-22-20-18-16-14-12-10-8-6-4-2/h5,7,11-14,17-20,23-26,39-40,43-44H,3-4,6,8-10,15-16,21-22,27-38H2,1-2H3,(H,47,48)/b7-5+,13-11+,14-12+,19-17+,20-18+,25-23+,26-24+/t39-,40+/m0/s1. The third kappa shape index (κ3) is 37.3. The molecule has 11 heteroatoms. The number of aliphatic hydroxyl groups is 2. The average molecular weight is 765 g/mol. The van der Waals surface area contributed by atoms with E-state index in [1.807, 2.05) is 0 Å². The van der Waals surface area contributed by atoms with E-state index in [1.165, 1.54) is 19.3 Å².